The third-order valence-electron chi connectivity index (χ3n) is 2.54. The van der Waals surface area contributed by atoms with Gasteiger partial charge in [0.1, 0.15) is 6.10 Å². The fraction of sp³-hybridized carbons (Fsp3) is 0.636. The Labute approximate surface area is 88.9 Å². The van der Waals surface area contributed by atoms with Crippen LogP contribution in [0.3, 0.4) is 0 Å². The second-order valence-electron chi connectivity index (χ2n) is 3.96. The maximum atomic E-state index is 9.95. The van der Waals surface area contributed by atoms with Gasteiger partial charge in [0.05, 0.1) is 12.2 Å². The topological polar surface area (TPSA) is 80.9 Å². The van der Waals surface area contributed by atoms with Gasteiger partial charge in [0, 0.05) is 0 Å². The molecule has 4 atom stereocenters. The molecule has 1 aliphatic rings. The molecule has 4 heteroatoms. The second-order valence-corrected chi connectivity index (χ2v) is 3.96. The van der Waals surface area contributed by atoms with Crippen LogP contribution in [0.25, 0.3) is 0 Å². The fourth-order valence-electron chi connectivity index (χ4n) is 1.56. The molecule has 0 aromatic rings. The monoisotopic (exact) mass is 212 g/mol. The van der Waals surface area contributed by atoms with E-state index in [1.165, 1.54) is 0 Å². The Balaban J connectivity index is 2.97. The minimum atomic E-state index is -1.96. The Bertz CT molecular complexity index is 314. The molecule has 0 aromatic heterocycles. The van der Waals surface area contributed by atoms with Gasteiger partial charge in [-0.05, 0) is 25.3 Å². The van der Waals surface area contributed by atoms with E-state index in [9.17, 15) is 20.4 Å². The summed E-state index contributed by atoms with van der Waals surface area (Å²) in [5.41, 5.74) is -1.45. The van der Waals surface area contributed by atoms with Gasteiger partial charge in [0.2, 0.25) is 0 Å². The van der Waals surface area contributed by atoms with Crippen molar-refractivity contribution in [1.29, 1.82) is 0 Å². The number of aliphatic hydroxyl groups is 4. The summed E-state index contributed by atoms with van der Waals surface area (Å²) in [7, 11) is 0. The molecule has 0 aliphatic heterocycles. The minimum absolute atomic E-state index is 0.208. The van der Waals surface area contributed by atoms with Gasteiger partial charge in [-0.15, -0.1) is 0 Å². The van der Waals surface area contributed by atoms with Crippen LogP contribution in [0.15, 0.2) is 12.2 Å². The van der Waals surface area contributed by atoms with Crippen molar-refractivity contribution >= 4 is 0 Å². The fourth-order valence-corrected chi connectivity index (χ4v) is 1.56. The van der Waals surface area contributed by atoms with Crippen molar-refractivity contribution in [2.75, 3.05) is 0 Å². The average molecular weight is 212 g/mol. The van der Waals surface area contributed by atoms with E-state index >= 15 is 0 Å². The molecule has 4 N–H and O–H groups in total. The molecule has 0 heterocycles. The average Bonchev–Trinajstić information content (AvgIpc) is 2.18. The molecule has 1 aliphatic carbocycles. The number of allylic oxidation sites excluding steroid dienone is 1. The summed E-state index contributed by atoms with van der Waals surface area (Å²) >= 11 is 0. The van der Waals surface area contributed by atoms with Crippen LogP contribution in [0.5, 0.6) is 0 Å². The van der Waals surface area contributed by atoms with E-state index in [0.29, 0.717) is 5.57 Å². The van der Waals surface area contributed by atoms with Crippen molar-refractivity contribution in [3.8, 4) is 11.8 Å². The van der Waals surface area contributed by atoms with Gasteiger partial charge in [-0.3, -0.25) is 0 Å². The van der Waals surface area contributed by atoms with Crippen LogP contribution in [-0.2, 0) is 0 Å². The lowest BCUT2D eigenvalue weighted by Gasteiger charge is -2.39. The molecule has 0 spiro atoms. The first-order valence-electron chi connectivity index (χ1n) is 4.83. The van der Waals surface area contributed by atoms with Crippen LogP contribution in [0.2, 0.25) is 0 Å². The highest BCUT2D eigenvalue weighted by Gasteiger charge is 2.48. The molecule has 1 fully saturated rings. The Morgan fingerprint density at radius 1 is 1.33 bits per heavy atom. The Morgan fingerprint density at radius 3 is 2.47 bits per heavy atom. The SMILES string of the molecule is C=C(C)C#C[C@@]1(O)[C@H](O)CC[C@@H](O)[C@@H]1O. The highest BCUT2D eigenvalue weighted by atomic mass is 16.4. The molecule has 0 bridgehead atoms. The molecular formula is C11H16O4. The van der Waals surface area contributed by atoms with Gasteiger partial charge in [-0.25, -0.2) is 0 Å². The number of aliphatic hydroxyl groups excluding tert-OH is 3. The molecule has 1 saturated carbocycles. The maximum absolute atomic E-state index is 9.95. The smallest absolute Gasteiger partial charge is 0.179 e. The Morgan fingerprint density at radius 2 is 1.93 bits per heavy atom. The van der Waals surface area contributed by atoms with Crippen LogP contribution in [-0.4, -0.2) is 44.3 Å². The van der Waals surface area contributed by atoms with Gasteiger partial charge < -0.3 is 20.4 Å². The first kappa shape index (κ1) is 12.2. The van der Waals surface area contributed by atoms with Crippen LogP contribution in [0.4, 0.5) is 0 Å². The summed E-state index contributed by atoms with van der Waals surface area (Å²) in [6.45, 7) is 5.18. The molecule has 0 radical (unpaired) electrons. The van der Waals surface area contributed by atoms with Gasteiger partial charge in [0.15, 0.2) is 5.60 Å². The molecular weight excluding hydrogens is 196 g/mol. The van der Waals surface area contributed by atoms with Crippen molar-refractivity contribution in [3.05, 3.63) is 12.2 Å². The normalized spacial score (nSPS) is 40.5. The first-order chi connectivity index (χ1) is 6.88. The van der Waals surface area contributed by atoms with Crippen molar-refractivity contribution in [2.24, 2.45) is 0 Å². The zero-order chi connectivity index (χ0) is 11.6. The summed E-state index contributed by atoms with van der Waals surface area (Å²) in [5.74, 6) is 4.88. The summed E-state index contributed by atoms with van der Waals surface area (Å²) < 4.78 is 0. The van der Waals surface area contributed by atoms with E-state index in [0.717, 1.165) is 0 Å². The van der Waals surface area contributed by atoms with E-state index < -0.39 is 23.9 Å². The first-order valence-corrected chi connectivity index (χ1v) is 4.83. The van der Waals surface area contributed by atoms with Gasteiger partial charge >= 0.3 is 0 Å². The summed E-state index contributed by atoms with van der Waals surface area (Å²) in [5, 5.41) is 38.5. The zero-order valence-corrected chi connectivity index (χ0v) is 8.64. The molecule has 1 rings (SSSR count). The molecule has 84 valence electrons. The molecule has 15 heavy (non-hydrogen) atoms. The molecule has 0 saturated heterocycles. The van der Waals surface area contributed by atoms with Crippen LogP contribution in [0.1, 0.15) is 19.8 Å². The second kappa shape index (κ2) is 4.33. The molecule has 0 amide bonds. The maximum Gasteiger partial charge on any atom is 0.179 e. The summed E-state index contributed by atoms with van der Waals surface area (Å²) in [6.07, 6.45) is -3.20. The predicted octanol–water partition coefficient (Wildman–Crippen LogP) is -0.827. The van der Waals surface area contributed by atoms with Gasteiger partial charge in [-0.1, -0.05) is 18.4 Å². The Hall–Kier alpha value is -0.860. The summed E-state index contributed by atoms with van der Waals surface area (Å²) in [6, 6.07) is 0. The van der Waals surface area contributed by atoms with Crippen molar-refractivity contribution in [3.63, 3.8) is 0 Å². The van der Waals surface area contributed by atoms with E-state index in [-0.39, 0.29) is 12.8 Å². The van der Waals surface area contributed by atoms with E-state index in [1.807, 2.05) is 0 Å². The third-order valence-corrected chi connectivity index (χ3v) is 2.54. The summed E-state index contributed by atoms with van der Waals surface area (Å²) in [4.78, 5) is 0. The van der Waals surface area contributed by atoms with Gasteiger partial charge in [-0.2, -0.15) is 0 Å². The van der Waals surface area contributed by atoms with Crippen molar-refractivity contribution in [2.45, 2.75) is 43.7 Å². The minimum Gasteiger partial charge on any atom is -0.390 e. The van der Waals surface area contributed by atoms with E-state index in [1.54, 1.807) is 6.92 Å². The molecule has 4 nitrogen and oxygen atoms in total. The quantitative estimate of drug-likeness (QED) is 0.395. The number of hydrogen-bond donors (Lipinski definition) is 4. The lowest BCUT2D eigenvalue weighted by Crippen LogP contribution is -2.59. The van der Waals surface area contributed by atoms with Crippen LogP contribution in [0, 0.1) is 11.8 Å². The molecule has 0 unspecified atom stereocenters. The standard InChI is InChI=1S/C11H16O4/c1-7(2)5-6-11(15)9(13)4-3-8(12)10(11)14/h8-10,12-15H,1,3-4H2,2H3/t8-,9-,10+,11-/m1/s1. The van der Waals surface area contributed by atoms with E-state index in [4.69, 9.17) is 0 Å². The molecule has 0 aromatic carbocycles. The third kappa shape index (κ3) is 2.39. The van der Waals surface area contributed by atoms with Crippen LogP contribution < -0.4 is 0 Å². The Kier molecular flexibility index (Phi) is 3.53. The van der Waals surface area contributed by atoms with Crippen molar-refractivity contribution in [1.82, 2.24) is 0 Å². The highest BCUT2D eigenvalue weighted by molar-refractivity contribution is 5.31. The predicted molar refractivity (Wildman–Crippen MR) is 54.8 cm³/mol. The largest absolute Gasteiger partial charge is 0.390 e. The van der Waals surface area contributed by atoms with Gasteiger partial charge in [0.25, 0.3) is 0 Å². The lowest BCUT2D eigenvalue weighted by atomic mass is 9.78. The number of rotatable bonds is 0. The van der Waals surface area contributed by atoms with Crippen LogP contribution >= 0.6 is 0 Å². The number of hydrogen-bond acceptors (Lipinski definition) is 4. The highest BCUT2D eigenvalue weighted by Crippen LogP contribution is 2.29. The van der Waals surface area contributed by atoms with Crippen molar-refractivity contribution < 1.29 is 20.4 Å². The zero-order valence-electron chi connectivity index (χ0n) is 8.64. The lowest BCUT2D eigenvalue weighted by molar-refractivity contribution is -0.172. The van der Waals surface area contributed by atoms with E-state index in [2.05, 4.69) is 18.4 Å².